The van der Waals surface area contributed by atoms with Crippen molar-refractivity contribution in [2.45, 2.75) is 4.33 Å². The van der Waals surface area contributed by atoms with E-state index in [0.717, 1.165) is 0 Å². The Hall–Kier alpha value is 0.280. The van der Waals surface area contributed by atoms with Gasteiger partial charge in [0.15, 0.2) is 10.2 Å². The fraction of sp³-hybridized carbons (Fsp3) is 0.333. The molecule has 0 aromatic heterocycles. The molecule has 3 nitrogen and oxygen atoms in total. The third-order valence-corrected chi connectivity index (χ3v) is 1.66. The first-order chi connectivity index (χ1) is 4.49. The van der Waals surface area contributed by atoms with Gasteiger partial charge < -0.3 is 16.0 Å². The molecule has 0 saturated carbocycles. The minimum absolute atomic E-state index is 0.425. The number of thiol groups is 2. The lowest BCUT2D eigenvalue weighted by Crippen LogP contribution is -2.64. The molecule has 0 unspecified atom stereocenters. The molecule has 0 aromatic rings. The summed E-state index contributed by atoms with van der Waals surface area (Å²) >= 11 is 17.7. The third kappa shape index (κ3) is 2.15. The summed E-state index contributed by atoms with van der Waals surface area (Å²) in [7, 11) is 0. The van der Waals surface area contributed by atoms with Gasteiger partial charge in [0, 0.05) is 0 Å². The molecule has 0 aromatic carbocycles. The van der Waals surface area contributed by atoms with E-state index in [1.54, 1.807) is 0 Å². The van der Waals surface area contributed by atoms with Crippen LogP contribution in [-0.2, 0) is 0 Å². The molecule has 0 radical (unpaired) electrons. The van der Waals surface area contributed by atoms with Gasteiger partial charge in [0.25, 0.3) is 0 Å². The Morgan fingerprint density at radius 3 is 1.80 bits per heavy atom. The van der Waals surface area contributed by atoms with Crippen LogP contribution in [0, 0.1) is 0 Å². The second-order valence-corrected chi connectivity index (χ2v) is 4.22. The molecule has 3 N–H and O–H groups in total. The SMILES string of the molecule is S=C1NC(=S)NC(S)(S)N1. The van der Waals surface area contributed by atoms with Gasteiger partial charge in [-0.3, -0.25) is 0 Å². The fourth-order valence-corrected chi connectivity index (χ4v) is 1.84. The van der Waals surface area contributed by atoms with Crippen molar-refractivity contribution in [3.63, 3.8) is 0 Å². The Bertz CT molecular complexity index is 170. The predicted octanol–water partition coefficient (Wildman–Crippen LogP) is -0.191. The molecule has 1 fully saturated rings. The van der Waals surface area contributed by atoms with Crippen molar-refractivity contribution in [3.8, 4) is 0 Å². The number of nitrogens with one attached hydrogen (secondary N) is 3. The van der Waals surface area contributed by atoms with Gasteiger partial charge in [0.2, 0.25) is 4.33 Å². The van der Waals surface area contributed by atoms with E-state index < -0.39 is 4.33 Å². The highest BCUT2D eigenvalue weighted by Crippen LogP contribution is 2.12. The van der Waals surface area contributed by atoms with Gasteiger partial charge in [-0.05, 0) is 24.4 Å². The van der Waals surface area contributed by atoms with Crippen molar-refractivity contribution in [1.82, 2.24) is 16.0 Å². The van der Waals surface area contributed by atoms with Gasteiger partial charge in [-0.25, -0.2) is 0 Å². The van der Waals surface area contributed by atoms with Gasteiger partial charge >= 0.3 is 0 Å². The average molecular weight is 211 g/mol. The van der Waals surface area contributed by atoms with Crippen molar-refractivity contribution in [2.75, 3.05) is 0 Å². The summed E-state index contributed by atoms with van der Waals surface area (Å²) in [4.78, 5) is 0. The fourth-order valence-electron chi connectivity index (χ4n) is 0.513. The Balaban J connectivity index is 2.68. The first kappa shape index (κ1) is 8.38. The molecule has 0 spiro atoms. The van der Waals surface area contributed by atoms with Crippen molar-refractivity contribution >= 4 is 59.9 Å². The standard InChI is InChI=1S/C3H5N3S4/c7-1-4-2(8)6-3(9,10)5-1/h9-10H,(H3,4,5,6,7,8). The van der Waals surface area contributed by atoms with Crippen LogP contribution in [0.1, 0.15) is 0 Å². The molecule has 56 valence electrons. The summed E-state index contributed by atoms with van der Waals surface area (Å²) in [6, 6.07) is 0. The molecule has 0 amide bonds. The summed E-state index contributed by atoms with van der Waals surface area (Å²) in [5.74, 6) is 0. The van der Waals surface area contributed by atoms with Gasteiger partial charge in [0.1, 0.15) is 0 Å². The zero-order chi connectivity index (χ0) is 7.78. The number of thiocarbonyl (C=S) groups is 2. The summed E-state index contributed by atoms with van der Waals surface area (Å²) in [5, 5.41) is 9.00. The molecule has 1 aliphatic rings. The van der Waals surface area contributed by atoms with E-state index in [4.69, 9.17) is 24.4 Å². The van der Waals surface area contributed by atoms with Crippen molar-refractivity contribution in [3.05, 3.63) is 0 Å². The molecule has 0 bridgehead atoms. The molecular weight excluding hydrogens is 206 g/mol. The Morgan fingerprint density at radius 1 is 1.10 bits per heavy atom. The number of hydrogen-bond acceptors (Lipinski definition) is 4. The molecular formula is C3H5N3S4. The van der Waals surface area contributed by atoms with Crippen LogP contribution in [0.25, 0.3) is 0 Å². The van der Waals surface area contributed by atoms with Crippen LogP contribution in [0.15, 0.2) is 0 Å². The molecule has 1 rings (SSSR count). The first-order valence-corrected chi connectivity index (χ1v) is 4.07. The molecule has 7 heteroatoms. The van der Waals surface area contributed by atoms with Crippen molar-refractivity contribution in [2.24, 2.45) is 0 Å². The van der Waals surface area contributed by atoms with E-state index >= 15 is 0 Å². The average Bonchev–Trinajstić information content (AvgIpc) is 1.54. The van der Waals surface area contributed by atoms with Crippen LogP contribution in [0.3, 0.4) is 0 Å². The van der Waals surface area contributed by atoms with Crippen LogP contribution >= 0.6 is 49.7 Å². The maximum absolute atomic E-state index is 4.78. The van der Waals surface area contributed by atoms with E-state index in [1.165, 1.54) is 0 Å². The lowest BCUT2D eigenvalue weighted by atomic mass is 10.7. The monoisotopic (exact) mass is 211 g/mol. The highest BCUT2D eigenvalue weighted by atomic mass is 32.2. The van der Waals surface area contributed by atoms with E-state index in [0.29, 0.717) is 10.2 Å². The van der Waals surface area contributed by atoms with Crippen LogP contribution in [0.2, 0.25) is 0 Å². The third-order valence-electron chi connectivity index (χ3n) is 0.803. The van der Waals surface area contributed by atoms with E-state index in [9.17, 15) is 0 Å². The zero-order valence-electron chi connectivity index (χ0n) is 4.71. The van der Waals surface area contributed by atoms with Crippen LogP contribution in [0.4, 0.5) is 0 Å². The summed E-state index contributed by atoms with van der Waals surface area (Å²) in [6.45, 7) is 0. The normalized spacial score (nSPS) is 22.6. The maximum Gasteiger partial charge on any atom is 0.204 e. The van der Waals surface area contributed by atoms with E-state index in [1.807, 2.05) is 0 Å². The number of hydrogen-bond donors (Lipinski definition) is 5. The minimum atomic E-state index is -0.834. The second kappa shape index (κ2) is 2.72. The van der Waals surface area contributed by atoms with Gasteiger partial charge in [-0.1, -0.05) is 0 Å². The molecule has 0 atom stereocenters. The molecule has 1 aliphatic heterocycles. The Kier molecular flexibility index (Phi) is 2.28. The number of rotatable bonds is 0. The molecule has 0 aliphatic carbocycles. The lowest BCUT2D eigenvalue weighted by Gasteiger charge is -2.33. The molecule has 1 saturated heterocycles. The topological polar surface area (TPSA) is 36.1 Å². The summed E-state index contributed by atoms with van der Waals surface area (Å²) in [5.41, 5.74) is 0. The van der Waals surface area contributed by atoms with Crippen LogP contribution in [0.5, 0.6) is 0 Å². The largest absolute Gasteiger partial charge is 0.323 e. The predicted molar refractivity (Wildman–Crippen MR) is 55.3 cm³/mol. The van der Waals surface area contributed by atoms with Crippen LogP contribution in [-0.4, -0.2) is 14.6 Å². The van der Waals surface area contributed by atoms with Gasteiger partial charge in [0.05, 0.1) is 0 Å². The van der Waals surface area contributed by atoms with Crippen molar-refractivity contribution in [1.29, 1.82) is 0 Å². The van der Waals surface area contributed by atoms with Gasteiger partial charge in [-0.15, -0.1) is 25.3 Å². The molecule has 10 heavy (non-hydrogen) atoms. The quantitative estimate of drug-likeness (QED) is 0.218. The molecule has 1 heterocycles. The summed E-state index contributed by atoms with van der Waals surface area (Å²) in [6.07, 6.45) is 0. The highest BCUT2D eigenvalue weighted by Gasteiger charge is 2.26. The van der Waals surface area contributed by atoms with Crippen molar-refractivity contribution < 1.29 is 0 Å². The van der Waals surface area contributed by atoms with E-state index in [-0.39, 0.29) is 0 Å². The zero-order valence-corrected chi connectivity index (χ0v) is 8.13. The second-order valence-electron chi connectivity index (χ2n) is 1.71. The smallest absolute Gasteiger partial charge is 0.204 e. The first-order valence-electron chi connectivity index (χ1n) is 2.36. The highest BCUT2D eigenvalue weighted by molar-refractivity contribution is 8.00. The summed E-state index contributed by atoms with van der Waals surface area (Å²) < 4.78 is -0.834. The lowest BCUT2D eigenvalue weighted by molar-refractivity contribution is 0.689. The Labute approximate surface area is 80.1 Å². The van der Waals surface area contributed by atoms with Gasteiger partial charge in [-0.2, -0.15) is 0 Å². The Morgan fingerprint density at radius 2 is 1.50 bits per heavy atom. The maximum atomic E-state index is 4.78. The van der Waals surface area contributed by atoms with Crippen LogP contribution < -0.4 is 16.0 Å². The minimum Gasteiger partial charge on any atom is -0.323 e. The van der Waals surface area contributed by atoms with E-state index in [2.05, 4.69) is 41.2 Å².